The van der Waals surface area contributed by atoms with Crippen LogP contribution in [0.1, 0.15) is 33.3 Å². The highest BCUT2D eigenvalue weighted by Crippen LogP contribution is 2.15. The van der Waals surface area contributed by atoms with Gasteiger partial charge in [0.1, 0.15) is 0 Å². The summed E-state index contributed by atoms with van der Waals surface area (Å²) in [7, 11) is 2.07. The number of fused-ring (bicyclic) bond motifs is 1. The van der Waals surface area contributed by atoms with E-state index in [0.29, 0.717) is 0 Å². The van der Waals surface area contributed by atoms with E-state index in [-0.39, 0.29) is 0 Å². The number of nitrogens with zero attached hydrogens (tertiary/aromatic N) is 1. The Balaban J connectivity index is 0.000000442. The summed E-state index contributed by atoms with van der Waals surface area (Å²) in [6, 6.07) is 8.64. The van der Waals surface area contributed by atoms with Crippen molar-refractivity contribution in [3.63, 3.8) is 0 Å². The lowest BCUT2D eigenvalue weighted by Crippen LogP contribution is -1.83. The van der Waals surface area contributed by atoms with E-state index < -0.39 is 0 Å². The van der Waals surface area contributed by atoms with Gasteiger partial charge in [0, 0.05) is 18.8 Å². The summed E-state index contributed by atoms with van der Waals surface area (Å²) in [4.78, 5) is 0. The van der Waals surface area contributed by atoms with Crippen LogP contribution in [-0.4, -0.2) is 4.57 Å². The fraction of sp³-hybridized carbons (Fsp3) is 0.429. The van der Waals surface area contributed by atoms with Gasteiger partial charge in [-0.3, -0.25) is 0 Å². The minimum atomic E-state index is 1.31. The van der Waals surface area contributed by atoms with Gasteiger partial charge in [-0.1, -0.05) is 39.8 Å². The number of hydrogen-bond acceptors (Lipinski definition) is 0. The van der Waals surface area contributed by atoms with Crippen molar-refractivity contribution >= 4 is 10.9 Å². The monoisotopic (exact) mass is 205 g/mol. The Morgan fingerprint density at radius 3 is 2.13 bits per heavy atom. The fourth-order valence-electron chi connectivity index (χ4n) is 1.37. The standard InChI is InChI=1S/C10H11N.2C2H6/c1-8-3-4-9-5-6-11(2)10(9)7-8;2*1-2/h3-7H,1-2H3;2*1-2H3. The van der Waals surface area contributed by atoms with E-state index in [4.69, 9.17) is 0 Å². The van der Waals surface area contributed by atoms with E-state index in [2.05, 4.69) is 49.0 Å². The topological polar surface area (TPSA) is 4.93 Å². The van der Waals surface area contributed by atoms with Gasteiger partial charge < -0.3 is 4.57 Å². The predicted molar refractivity (Wildman–Crippen MR) is 70.4 cm³/mol. The molecule has 1 heteroatoms. The second-order valence-electron chi connectivity index (χ2n) is 2.99. The predicted octanol–water partition coefficient (Wildman–Crippen LogP) is 4.54. The summed E-state index contributed by atoms with van der Waals surface area (Å²) in [5.74, 6) is 0. The molecule has 0 radical (unpaired) electrons. The maximum absolute atomic E-state index is 2.20. The van der Waals surface area contributed by atoms with E-state index in [1.54, 1.807) is 0 Å². The Morgan fingerprint density at radius 1 is 0.933 bits per heavy atom. The Bertz CT molecular complexity index is 385. The van der Waals surface area contributed by atoms with Crippen LogP contribution in [0, 0.1) is 6.92 Å². The van der Waals surface area contributed by atoms with Gasteiger partial charge in [0.05, 0.1) is 0 Å². The molecule has 0 aliphatic rings. The second-order valence-corrected chi connectivity index (χ2v) is 2.99. The molecule has 84 valence electrons. The molecule has 1 heterocycles. The summed E-state index contributed by atoms with van der Waals surface area (Å²) < 4.78 is 2.14. The lowest BCUT2D eigenvalue weighted by molar-refractivity contribution is 0.968. The summed E-state index contributed by atoms with van der Waals surface area (Å²) in [6.07, 6.45) is 2.09. The summed E-state index contributed by atoms with van der Waals surface area (Å²) in [6.45, 7) is 10.1. The molecule has 0 amide bonds. The van der Waals surface area contributed by atoms with Gasteiger partial charge >= 0.3 is 0 Å². The van der Waals surface area contributed by atoms with Crippen LogP contribution in [0.2, 0.25) is 0 Å². The van der Waals surface area contributed by atoms with Crippen molar-refractivity contribution in [3.05, 3.63) is 36.0 Å². The molecule has 0 aliphatic heterocycles. The second kappa shape index (κ2) is 7.10. The van der Waals surface area contributed by atoms with Crippen LogP contribution >= 0.6 is 0 Å². The first kappa shape index (κ1) is 13.8. The van der Waals surface area contributed by atoms with Crippen molar-refractivity contribution in [2.45, 2.75) is 34.6 Å². The van der Waals surface area contributed by atoms with Crippen LogP contribution in [0.5, 0.6) is 0 Å². The molecule has 1 aromatic carbocycles. The van der Waals surface area contributed by atoms with E-state index in [1.165, 1.54) is 16.5 Å². The van der Waals surface area contributed by atoms with Crippen molar-refractivity contribution < 1.29 is 0 Å². The molecule has 0 unspecified atom stereocenters. The zero-order chi connectivity index (χ0) is 11.8. The number of aromatic nitrogens is 1. The van der Waals surface area contributed by atoms with Gasteiger partial charge in [-0.15, -0.1) is 0 Å². The lowest BCUT2D eigenvalue weighted by Gasteiger charge is -1.96. The average molecular weight is 205 g/mol. The molecular weight excluding hydrogens is 182 g/mol. The van der Waals surface area contributed by atoms with Crippen molar-refractivity contribution in [1.29, 1.82) is 0 Å². The Kier molecular flexibility index (Phi) is 6.52. The molecule has 2 rings (SSSR count). The number of hydrogen-bond donors (Lipinski definition) is 0. The molecule has 0 spiro atoms. The third kappa shape index (κ3) is 3.43. The first-order valence-electron chi connectivity index (χ1n) is 5.79. The molecule has 0 aliphatic carbocycles. The smallest absolute Gasteiger partial charge is 0.0480 e. The quantitative estimate of drug-likeness (QED) is 0.595. The average Bonchev–Trinajstić information content (AvgIpc) is 2.66. The van der Waals surface area contributed by atoms with Crippen LogP contribution in [0.3, 0.4) is 0 Å². The normalized spacial score (nSPS) is 8.67. The summed E-state index contributed by atoms with van der Waals surface area (Å²) in [5, 5.41) is 1.32. The van der Waals surface area contributed by atoms with E-state index in [0.717, 1.165) is 0 Å². The van der Waals surface area contributed by atoms with Gasteiger partial charge in [0.25, 0.3) is 0 Å². The molecule has 1 aromatic heterocycles. The summed E-state index contributed by atoms with van der Waals surface area (Å²) in [5.41, 5.74) is 2.63. The summed E-state index contributed by atoms with van der Waals surface area (Å²) >= 11 is 0. The third-order valence-corrected chi connectivity index (χ3v) is 2.04. The highest BCUT2D eigenvalue weighted by atomic mass is 14.9. The molecule has 15 heavy (non-hydrogen) atoms. The molecular formula is C14H23N. The Hall–Kier alpha value is -1.24. The number of benzene rings is 1. The van der Waals surface area contributed by atoms with Crippen LogP contribution in [0.25, 0.3) is 10.9 Å². The zero-order valence-corrected chi connectivity index (χ0v) is 10.8. The molecule has 2 aromatic rings. The zero-order valence-electron chi connectivity index (χ0n) is 10.8. The van der Waals surface area contributed by atoms with Crippen LogP contribution in [0.4, 0.5) is 0 Å². The molecule has 0 saturated carbocycles. The van der Waals surface area contributed by atoms with E-state index >= 15 is 0 Å². The first-order chi connectivity index (χ1) is 7.27. The van der Waals surface area contributed by atoms with Crippen LogP contribution in [0.15, 0.2) is 30.5 Å². The molecule has 0 atom stereocenters. The molecule has 0 saturated heterocycles. The van der Waals surface area contributed by atoms with Gasteiger partial charge in [0.2, 0.25) is 0 Å². The number of aryl methyl sites for hydroxylation is 2. The van der Waals surface area contributed by atoms with Crippen molar-refractivity contribution in [2.24, 2.45) is 7.05 Å². The van der Waals surface area contributed by atoms with Gasteiger partial charge in [0.15, 0.2) is 0 Å². The van der Waals surface area contributed by atoms with E-state index in [9.17, 15) is 0 Å². The molecule has 0 N–H and O–H groups in total. The lowest BCUT2D eigenvalue weighted by atomic mass is 10.2. The van der Waals surface area contributed by atoms with Crippen molar-refractivity contribution in [2.75, 3.05) is 0 Å². The Labute approximate surface area is 93.7 Å². The molecule has 0 fully saturated rings. The first-order valence-corrected chi connectivity index (χ1v) is 5.79. The highest BCUT2D eigenvalue weighted by Gasteiger charge is 1.95. The Morgan fingerprint density at radius 2 is 1.53 bits per heavy atom. The maximum atomic E-state index is 2.20. The van der Waals surface area contributed by atoms with Crippen molar-refractivity contribution in [3.8, 4) is 0 Å². The molecule has 1 nitrogen and oxygen atoms in total. The van der Waals surface area contributed by atoms with Gasteiger partial charge in [-0.05, 0) is 30.0 Å². The van der Waals surface area contributed by atoms with Crippen LogP contribution in [-0.2, 0) is 7.05 Å². The van der Waals surface area contributed by atoms with Gasteiger partial charge in [-0.2, -0.15) is 0 Å². The van der Waals surface area contributed by atoms with E-state index in [1.807, 2.05) is 27.7 Å². The molecule has 0 bridgehead atoms. The minimum absolute atomic E-state index is 1.31. The minimum Gasteiger partial charge on any atom is -0.351 e. The SMILES string of the molecule is CC.CC.Cc1ccc2ccn(C)c2c1. The maximum Gasteiger partial charge on any atom is 0.0480 e. The van der Waals surface area contributed by atoms with Crippen molar-refractivity contribution in [1.82, 2.24) is 4.57 Å². The van der Waals surface area contributed by atoms with Gasteiger partial charge in [-0.25, -0.2) is 0 Å². The van der Waals surface area contributed by atoms with Crippen LogP contribution < -0.4 is 0 Å². The third-order valence-electron chi connectivity index (χ3n) is 2.04. The fourth-order valence-corrected chi connectivity index (χ4v) is 1.37. The highest BCUT2D eigenvalue weighted by molar-refractivity contribution is 5.80. The largest absolute Gasteiger partial charge is 0.351 e. The number of rotatable bonds is 0.